The van der Waals surface area contributed by atoms with Gasteiger partial charge in [0.2, 0.25) is 10.9 Å². The van der Waals surface area contributed by atoms with Gasteiger partial charge in [0.15, 0.2) is 0 Å². The minimum Gasteiger partial charge on any atom is -0.310 e. The molecule has 0 saturated carbocycles. The van der Waals surface area contributed by atoms with Crippen LogP contribution in [-0.2, 0) is 6.54 Å². The van der Waals surface area contributed by atoms with E-state index in [0.29, 0.717) is 17.5 Å². The van der Waals surface area contributed by atoms with Crippen molar-refractivity contribution in [2.24, 2.45) is 0 Å². The third kappa shape index (κ3) is 2.18. The lowest BCUT2D eigenvalue weighted by atomic mass is 10.3. The maximum atomic E-state index is 11.9. The molecule has 0 aliphatic carbocycles. The summed E-state index contributed by atoms with van der Waals surface area (Å²) >= 11 is 1.40. The summed E-state index contributed by atoms with van der Waals surface area (Å²) in [6.45, 7) is 2.42. The predicted octanol–water partition coefficient (Wildman–Crippen LogP) is 0.760. The summed E-state index contributed by atoms with van der Waals surface area (Å²) in [5.74, 6) is 0.531. The second-order valence-corrected chi connectivity index (χ2v) is 5.04. The largest absolute Gasteiger partial charge is 0.310 e. The number of hydrogen-bond donors (Lipinski definition) is 0. The van der Waals surface area contributed by atoms with Gasteiger partial charge in [0.05, 0.1) is 6.54 Å². The van der Waals surface area contributed by atoms with Gasteiger partial charge in [-0.05, 0) is 13.2 Å². The molecule has 0 amide bonds. The Kier molecular flexibility index (Phi) is 3.23. The molecular formula is C12H12N6OS. The van der Waals surface area contributed by atoms with Gasteiger partial charge in [-0.3, -0.25) is 4.79 Å². The second-order valence-electron chi connectivity index (χ2n) is 4.27. The number of rotatable bonds is 3. The lowest BCUT2D eigenvalue weighted by molar-refractivity contribution is 0.724. The smallest absolute Gasteiger partial charge is 0.275 e. The van der Waals surface area contributed by atoms with Crippen LogP contribution < -0.4 is 5.56 Å². The van der Waals surface area contributed by atoms with E-state index in [1.807, 2.05) is 17.7 Å². The van der Waals surface area contributed by atoms with Gasteiger partial charge < -0.3 is 4.57 Å². The third-order valence-corrected chi connectivity index (χ3v) is 3.45. The third-order valence-electron chi connectivity index (χ3n) is 2.92. The van der Waals surface area contributed by atoms with Crippen molar-refractivity contribution in [2.75, 3.05) is 6.26 Å². The Morgan fingerprint density at radius 2 is 2.05 bits per heavy atom. The van der Waals surface area contributed by atoms with Crippen molar-refractivity contribution in [1.82, 2.24) is 29.1 Å². The van der Waals surface area contributed by atoms with Gasteiger partial charge in [0.25, 0.3) is 5.56 Å². The number of nitrogens with zero attached hydrogens (tertiary/aromatic N) is 6. The molecule has 0 radical (unpaired) electrons. The highest BCUT2D eigenvalue weighted by Gasteiger charge is 2.12. The first-order valence-electron chi connectivity index (χ1n) is 5.94. The van der Waals surface area contributed by atoms with Crippen molar-refractivity contribution >= 4 is 17.5 Å². The molecule has 3 aromatic heterocycles. The Bertz CT molecular complexity index is 810. The molecule has 0 unspecified atom stereocenters. The monoisotopic (exact) mass is 288 g/mol. The molecule has 0 bridgehead atoms. The molecule has 0 spiro atoms. The van der Waals surface area contributed by atoms with Crippen LogP contribution in [-0.4, -0.2) is 35.4 Å². The molecule has 8 heteroatoms. The lowest BCUT2D eigenvalue weighted by Crippen LogP contribution is -2.20. The molecular weight excluding hydrogens is 276 g/mol. The molecule has 0 saturated heterocycles. The van der Waals surface area contributed by atoms with Crippen molar-refractivity contribution in [3.63, 3.8) is 0 Å². The molecule has 0 fully saturated rings. The Morgan fingerprint density at radius 3 is 2.75 bits per heavy atom. The summed E-state index contributed by atoms with van der Waals surface area (Å²) in [5, 5.41) is 4.75. The van der Waals surface area contributed by atoms with Gasteiger partial charge in [-0.2, -0.15) is 9.50 Å². The molecule has 0 aromatic carbocycles. The number of thioether (sulfide) groups is 1. The van der Waals surface area contributed by atoms with Gasteiger partial charge in [0, 0.05) is 29.7 Å². The summed E-state index contributed by atoms with van der Waals surface area (Å²) in [4.78, 5) is 24.3. The van der Waals surface area contributed by atoms with Crippen molar-refractivity contribution in [3.8, 4) is 0 Å². The highest BCUT2D eigenvalue weighted by Crippen LogP contribution is 2.12. The van der Waals surface area contributed by atoms with E-state index in [1.54, 1.807) is 18.5 Å². The van der Waals surface area contributed by atoms with Gasteiger partial charge in [-0.1, -0.05) is 11.8 Å². The van der Waals surface area contributed by atoms with E-state index in [9.17, 15) is 4.79 Å². The first-order chi connectivity index (χ1) is 9.69. The predicted molar refractivity (Wildman–Crippen MR) is 74.9 cm³/mol. The summed E-state index contributed by atoms with van der Waals surface area (Å²) in [6, 6.07) is 1.55. The summed E-state index contributed by atoms with van der Waals surface area (Å²) < 4.78 is 3.25. The molecule has 0 N–H and O–H groups in total. The summed E-state index contributed by atoms with van der Waals surface area (Å²) in [5.41, 5.74) is 1.59. The maximum absolute atomic E-state index is 11.9. The van der Waals surface area contributed by atoms with E-state index in [4.69, 9.17) is 0 Å². The Labute approximate surface area is 118 Å². The van der Waals surface area contributed by atoms with Crippen LogP contribution in [0.15, 0.2) is 34.7 Å². The normalized spacial score (nSPS) is 11.1. The average molecular weight is 288 g/mol. The van der Waals surface area contributed by atoms with Crippen LogP contribution in [0.3, 0.4) is 0 Å². The molecule has 3 rings (SSSR count). The number of aromatic nitrogens is 6. The Balaban J connectivity index is 2.19. The standard InChI is InChI=1S/C12H12N6OS/c1-8-3-10(19)18-12(15-11(16-18)20-2)17(8)6-9-4-13-7-14-5-9/h3-5,7H,6H2,1-2H3. The van der Waals surface area contributed by atoms with Crippen LogP contribution in [0.25, 0.3) is 5.78 Å². The first kappa shape index (κ1) is 12.8. The van der Waals surface area contributed by atoms with Crippen LogP contribution in [0.2, 0.25) is 0 Å². The van der Waals surface area contributed by atoms with Gasteiger partial charge in [-0.25, -0.2) is 9.97 Å². The van der Waals surface area contributed by atoms with Crippen molar-refractivity contribution < 1.29 is 0 Å². The van der Waals surface area contributed by atoms with Crippen LogP contribution in [0.5, 0.6) is 0 Å². The van der Waals surface area contributed by atoms with E-state index >= 15 is 0 Å². The molecule has 20 heavy (non-hydrogen) atoms. The number of hydrogen-bond acceptors (Lipinski definition) is 6. The SMILES string of the molecule is CSc1nc2n(Cc3cncnc3)c(C)cc(=O)n2n1. The van der Waals surface area contributed by atoms with E-state index in [1.165, 1.54) is 22.6 Å². The van der Waals surface area contributed by atoms with Gasteiger partial charge in [0.1, 0.15) is 6.33 Å². The van der Waals surface area contributed by atoms with E-state index in [-0.39, 0.29) is 5.56 Å². The Morgan fingerprint density at radius 1 is 1.30 bits per heavy atom. The van der Waals surface area contributed by atoms with Crippen LogP contribution >= 0.6 is 11.8 Å². The van der Waals surface area contributed by atoms with Crippen LogP contribution in [0.1, 0.15) is 11.3 Å². The average Bonchev–Trinajstić information content (AvgIpc) is 2.89. The van der Waals surface area contributed by atoms with E-state index in [0.717, 1.165) is 11.3 Å². The molecule has 3 heterocycles. The zero-order valence-corrected chi connectivity index (χ0v) is 11.8. The fourth-order valence-electron chi connectivity index (χ4n) is 1.96. The van der Waals surface area contributed by atoms with Crippen molar-refractivity contribution in [1.29, 1.82) is 0 Å². The second kappa shape index (κ2) is 5.04. The fourth-order valence-corrected chi connectivity index (χ4v) is 2.30. The first-order valence-corrected chi connectivity index (χ1v) is 7.16. The lowest BCUT2D eigenvalue weighted by Gasteiger charge is -2.10. The van der Waals surface area contributed by atoms with Gasteiger partial charge in [-0.15, -0.1) is 5.10 Å². The van der Waals surface area contributed by atoms with Crippen LogP contribution in [0.4, 0.5) is 0 Å². The number of fused-ring (bicyclic) bond motifs is 1. The van der Waals surface area contributed by atoms with E-state index in [2.05, 4.69) is 20.1 Å². The minimum absolute atomic E-state index is 0.175. The molecule has 3 aromatic rings. The topological polar surface area (TPSA) is 78.0 Å². The van der Waals surface area contributed by atoms with Crippen molar-refractivity contribution in [3.05, 3.63) is 46.4 Å². The van der Waals surface area contributed by atoms with E-state index < -0.39 is 0 Å². The summed E-state index contributed by atoms with van der Waals surface area (Å²) in [6.07, 6.45) is 6.85. The fraction of sp³-hybridized carbons (Fsp3) is 0.250. The minimum atomic E-state index is -0.175. The highest BCUT2D eigenvalue weighted by molar-refractivity contribution is 7.98. The molecule has 0 atom stereocenters. The maximum Gasteiger partial charge on any atom is 0.275 e. The zero-order chi connectivity index (χ0) is 14.1. The highest BCUT2D eigenvalue weighted by atomic mass is 32.2. The van der Waals surface area contributed by atoms with Crippen LogP contribution in [0, 0.1) is 6.92 Å². The summed E-state index contributed by atoms with van der Waals surface area (Å²) in [7, 11) is 0. The molecule has 0 aliphatic heterocycles. The zero-order valence-electron chi connectivity index (χ0n) is 11.0. The number of aryl methyl sites for hydroxylation is 1. The van der Waals surface area contributed by atoms with Crippen molar-refractivity contribution in [2.45, 2.75) is 18.6 Å². The van der Waals surface area contributed by atoms with Gasteiger partial charge >= 0.3 is 0 Å². The quantitative estimate of drug-likeness (QED) is 0.662. The molecule has 0 aliphatic rings. The molecule has 7 nitrogen and oxygen atoms in total. The Hall–Kier alpha value is -2.22. The molecule has 102 valence electrons.